The lowest BCUT2D eigenvalue weighted by Crippen LogP contribution is -2.54. The molecule has 1 saturated carbocycles. The van der Waals surface area contributed by atoms with E-state index in [-0.39, 0.29) is 17.7 Å². The molecule has 0 radical (unpaired) electrons. The van der Waals surface area contributed by atoms with Crippen molar-refractivity contribution in [2.75, 3.05) is 0 Å². The third-order valence-electron chi connectivity index (χ3n) is 3.95. The summed E-state index contributed by atoms with van der Waals surface area (Å²) < 4.78 is 0. The van der Waals surface area contributed by atoms with Gasteiger partial charge in [0.05, 0.1) is 0 Å². The van der Waals surface area contributed by atoms with Crippen molar-refractivity contribution in [3.05, 3.63) is 0 Å². The maximum Gasteiger partial charge on any atom is 0.325 e. The van der Waals surface area contributed by atoms with Crippen molar-refractivity contribution in [2.45, 2.75) is 65.0 Å². The van der Waals surface area contributed by atoms with E-state index in [0.29, 0.717) is 0 Å². The van der Waals surface area contributed by atoms with Crippen LogP contribution < -0.4 is 10.6 Å². The van der Waals surface area contributed by atoms with Crippen molar-refractivity contribution < 1.29 is 19.5 Å². The molecule has 0 aromatic carbocycles. The summed E-state index contributed by atoms with van der Waals surface area (Å²) in [6.45, 7) is 5.06. The fourth-order valence-electron chi connectivity index (χ4n) is 2.54. The molecular weight excluding hydrogens is 272 g/mol. The Morgan fingerprint density at radius 1 is 1.00 bits per heavy atom. The molecule has 3 N–H and O–H groups in total. The monoisotopic (exact) mass is 298 g/mol. The minimum atomic E-state index is -1.09. The fourth-order valence-corrected chi connectivity index (χ4v) is 2.54. The van der Waals surface area contributed by atoms with Crippen LogP contribution in [0, 0.1) is 11.8 Å². The fraction of sp³-hybridized carbons (Fsp3) is 0.800. The number of nitrogens with one attached hydrogen (secondary N) is 2. The molecule has 1 aliphatic rings. The van der Waals surface area contributed by atoms with Gasteiger partial charge in [-0.05, 0) is 25.7 Å². The molecule has 0 aliphatic heterocycles. The van der Waals surface area contributed by atoms with E-state index >= 15 is 0 Å². The van der Waals surface area contributed by atoms with Gasteiger partial charge in [-0.3, -0.25) is 14.4 Å². The molecule has 0 saturated heterocycles. The van der Waals surface area contributed by atoms with E-state index in [2.05, 4.69) is 10.6 Å². The number of carbonyl (C=O) groups excluding carboxylic acids is 2. The Kier molecular flexibility index (Phi) is 6.65. The summed E-state index contributed by atoms with van der Waals surface area (Å²) in [4.78, 5) is 35.2. The normalized spacial score (nSPS) is 18.9. The first-order valence-corrected chi connectivity index (χ1v) is 7.66. The number of hydrogen-bond acceptors (Lipinski definition) is 3. The summed E-state index contributed by atoms with van der Waals surface area (Å²) in [5.41, 5.74) is 0. The lowest BCUT2D eigenvalue weighted by Gasteiger charge is -2.27. The molecule has 21 heavy (non-hydrogen) atoms. The zero-order valence-electron chi connectivity index (χ0n) is 13.0. The van der Waals surface area contributed by atoms with Crippen molar-refractivity contribution in [3.8, 4) is 0 Å². The van der Waals surface area contributed by atoms with Gasteiger partial charge in [0, 0.05) is 5.92 Å². The first-order chi connectivity index (χ1) is 9.82. The SMILES string of the molecule is CC(NC(=O)C(NC(=O)C1CCCCC1)C(C)C)C(=O)O. The Labute approximate surface area is 125 Å². The Morgan fingerprint density at radius 2 is 1.57 bits per heavy atom. The van der Waals surface area contributed by atoms with Crippen LogP contribution in [0.5, 0.6) is 0 Å². The number of amides is 2. The zero-order valence-corrected chi connectivity index (χ0v) is 13.0. The molecule has 0 heterocycles. The van der Waals surface area contributed by atoms with Gasteiger partial charge in [0.1, 0.15) is 12.1 Å². The summed E-state index contributed by atoms with van der Waals surface area (Å²) in [5, 5.41) is 14.0. The molecule has 0 aromatic rings. The first-order valence-electron chi connectivity index (χ1n) is 7.66. The van der Waals surface area contributed by atoms with Crippen LogP contribution in [0.1, 0.15) is 52.9 Å². The number of aliphatic carboxylic acids is 1. The van der Waals surface area contributed by atoms with Crippen LogP contribution in [0.4, 0.5) is 0 Å². The maximum atomic E-state index is 12.2. The highest BCUT2D eigenvalue weighted by atomic mass is 16.4. The van der Waals surface area contributed by atoms with Crippen molar-refractivity contribution >= 4 is 17.8 Å². The summed E-state index contributed by atoms with van der Waals surface area (Å²) in [5.74, 6) is -1.75. The zero-order chi connectivity index (χ0) is 16.0. The van der Waals surface area contributed by atoms with Crippen molar-refractivity contribution in [1.29, 1.82) is 0 Å². The van der Waals surface area contributed by atoms with Gasteiger partial charge >= 0.3 is 5.97 Å². The van der Waals surface area contributed by atoms with Crippen molar-refractivity contribution in [3.63, 3.8) is 0 Å². The van der Waals surface area contributed by atoms with Crippen LogP contribution >= 0.6 is 0 Å². The summed E-state index contributed by atoms with van der Waals surface area (Å²) in [7, 11) is 0. The van der Waals surface area contributed by atoms with Crippen LogP contribution in [0.25, 0.3) is 0 Å². The van der Waals surface area contributed by atoms with Gasteiger partial charge in [0.2, 0.25) is 11.8 Å². The Hall–Kier alpha value is -1.59. The molecule has 2 unspecified atom stereocenters. The second kappa shape index (κ2) is 8.00. The molecule has 2 atom stereocenters. The highest BCUT2D eigenvalue weighted by Crippen LogP contribution is 2.24. The van der Waals surface area contributed by atoms with E-state index in [0.717, 1.165) is 32.1 Å². The molecule has 0 spiro atoms. The van der Waals surface area contributed by atoms with Crippen LogP contribution in [0.2, 0.25) is 0 Å². The second-order valence-electron chi connectivity index (χ2n) is 6.13. The highest BCUT2D eigenvalue weighted by molar-refractivity contribution is 5.91. The number of carbonyl (C=O) groups is 3. The van der Waals surface area contributed by atoms with E-state index in [4.69, 9.17) is 5.11 Å². The average Bonchev–Trinajstić information content (AvgIpc) is 2.44. The van der Waals surface area contributed by atoms with Crippen LogP contribution in [0.3, 0.4) is 0 Å². The predicted molar refractivity (Wildman–Crippen MR) is 78.6 cm³/mol. The third kappa shape index (κ3) is 5.36. The Balaban J connectivity index is 2.61. The van der Waals surface area contributed by atoms with E-state index in [9.17, 15) is 14.4 Å². The Morgan fingerprint density at radius 3 is 2.05 bits per heavy atom. The highest BCUT2D eigenvalue weighted by Gasteiger charge is 2.29. The van der Waals surface area contributed by atoms with Crippen molar-refractivity contribution in [1.82, 2.24) is 10.6 Å². The lowest BCUT2D eigenvalue weighted by atomic mass is 9.88. The first kappa shape index (κ1) is 17.5. The molecule has 2 amide bonds. The van der Waals surface area contributed by atoms with Gasteiger partial charge in [0.25, 0.3) is 0 Å². The summed E-state index contributed by atoms with van der Waals surface area (Å²) in [6, 6.07) is -1.66. The molecule has 0 bridgehead atoms. The topological polar surface area (TPSA) is 95.5 Å². The molecule has 1 aliphatic carbocycles. The Bertz CT molecular complexity index is 389. The predicted octanol–water partition coefficient (Wildman–Crippen LogP) is 1.30. The third-order valence-corrected chi connectivity index (χ3v) is 3.95. The number of carboxylic acids is 1. The molecular formula is C15H26N2O4. The number of carboxylic acid groups (broad SMARTS) is 1. The molecule has 0 aromatic heterocycles. The van der Waals surface area contributed by atoms with Gasteiger partial charge in [-0.25, -0.2) is 0 Å². The number of rotatable bonds is 6. The second-order valence-corrected chi connectivity index (χ2v) is 6.13. The maximum absolute atomic E-state index is 12.2. The van der Waals surface area contributed by atoms with E-state index in [1.165, 1.54) is 6.92 Å². The van der Waals surface area contributed by atoms with Gasteiger partial charge in [-0.2, -0.15) is 0 Å². The average molecular weight is 298 g/mol. The smallest absolute Gasteiger partial charge is 0.325 e. The quantitative estimate of drug-likeness (QED) is 0.688. The minimum Gasteiger partial charge on any atom is -0.480 e. The largest absolute Gasteiger partial charge is 0.480 e. The minimum absolute atomic E-state index is 0.0234. The lowest BCUT2D eigenvalue weighted by molar-refractivity contribution is -0.142. The van der Waals surface area contributed by atoms with Crippen LogP contribution in [-0.4, -0.2) is 35.0 Å². The van der Waals surface area contributed by atoms with Gasteiger partial charge in [-0.15, -0.1) is 0 Å². The van der Waals surface area contributed by atoms with Gasteiger partial charge in [-0.1, -0.05) is 33.1 Å². The van der Waals surface area contributed by atoms with E-state index in [1.807, 2.05) is 13.8 Å². The molecule has 1 rings (SSSR count). The molecule has 1 fully saturated rings. The van der Waals surface area contributed by atoms with Gasteiger partial charge in [0.15, 0.2) is 0 Å². The molecule has 6 heteroatoms. The van der Waals surface area contributed by atoms with Crippen molar-refractivity contribution in [2.24, 2.45) is 11.8 Å². The van der Waals surface area contributed by atoms with Crippen LogP contribution in [-0.2, 0) is 14.4 Å². The standard InChI is InChI=1S/C15H26N2O4/c1-9(2)12(14(19)16-10(3)15(20)21)17-13(18)11-7-5-4-6-8-11/h9-12H,4-8H2,1-3H3,(H,16,19)(H,17,18)(H,20,21). The molecule has 6 nitrogen and oxygen atoms in total. The molecule has 120 valence electrons. The van der Waals surface area contributed by atoms with Crippen LogP contribution in [0.15, 0.2) is 0 Å². The van der Waals surface area contributed by atoms with Gasteiger partial charge < -0.3 is 15.7 Å². The number of hydrogen-bond donors (Lipinski definition) is 3. The van der Waals surface area contributed by atoms with E-state index < -0.39 is 24.0 Å². The summed E-state index contributed by atoms with van der Waals surface area (Å²) in [6.07, 6.45) is 4.99. The summed E-state index contributed by atoms with van der Waals surface area (Å²) >= 11 is 0. The van der Waals surface area contributed by atoms with E-state index in [1.54, 1.807) is 0 Å².